The summed E-state index contributed by atoms with van der Waals surface area (Å²) in [6.45, 7) is 7.21. The number of carbonyl (C=O) groups is 1. The molecule has 0 aliphatic carbocycles. The molecule has 3 aromatic rings. The number of benzene rings is 1. The van der Waals surface area contributed by atoms with Gasteiger partial charge in [0.1, 0.15) is 16.8 Å². The number of aliphatic hydroxyl groups is 1. The molecule has 15 heteroatoms. The van der Waals surface area contributed by atoms with Crippen molar-refractivity contribution in [3.63, 3.8) is 0 Å². The molecule has 1 saturated heterocycles. The van der Waals surface area contributed by atoms with Crippen LogP contribution in [0.5, 0.6) is 0 Å². The van der Waals surface area contributed by atoms with Crippen LogP contribution in [0.3, 0.4) is 0 Å². The third-order valence-corrected chi connectivity index (χ3v) is 10.0. The van der Waals surface area contributed by atoms with Gasteiger partial charge in [-0.3, -0.25) is 4.79 Å². The highest BCUT2D eigenvalue weighted by atomic mass is 35.5. The zero-order chi connectivity index (χ0) is 29.4. The maximum absolute atomic E-state index is 13.8. The topological polar surface area (TPSA) is 139 Å². The number of nitrogens with one attached hydrogen (secondary N) is 1. The molecule has 0 radical (unpaired) electrons. The minimum Gasteiger partial charge on any atom is -0.419 e. The molecule has 0 spiro atoms. The number of aromatic nitrogens is 3. The van der Waals surface area contributed by atoms with Crippen molar-refractivity contribution in [2.24, 2.45) is 0 Å². The number of rotatable bonds is 9. The highest BCUT2D eigenvalue weighted by Gasteiger charge is 2.32. The Labute approximate surface area is 246 Å². The first-order valence-corrected chi connectivity index (χ1v) is 15.8. The van der Waals surface area contributed by atoms with Gasteiger partial charge in [0, 0.05) is 24.7 Å². The van der Waals surface area contributed by atoms with Crippen LogP contribution in [-0.2, 0) is 16.4 Å². The fourth-order valence-electron chi connectivity index (χ4n) is 4.05. The zero-order valence-electron chi connectivity index (χ0n) is 22.4. The number of likely N-dealkylation sites (tertiary alicyclic amines) is 1. The first kappa shape index (κ1) is 30.8. The van der Waals surface area contributed by atoms with Crippen molar-refractivity contribution in [3.8, 4) is 21.3 Å². The average molecular weight is 635 g/mol. The maximum Gasteiger partial charge on any atom is 0.276 e. The fourth-order valence-corrected chi connectivity index (χ4v) is 7.31. The predicted octanol–water partition coefficient (Wildman–Crippen LogP) is 5.13. The van der Waals surface area contributed by atoms with E-state index in [1.165, 1.54) is 17.0 Å². The molecular weight excluding hydrogens is 604 g/mol. The molecule has 40 heavy (non-hydrogen) atoms. The highest BCUT2D eigenvalue weighted by Crippen LogP contribution is 2.43. The molecule has 1 aliphatic rings. The lowest BCUT2D eigenvalue weighted by Gasteiger charge is -2.28. The fraction of sp³-hybridized carbons (Fsp3) is 0.520. The van der Waals surface area contributed by atoms with Crippen molar-refractivity contribution < 1.29 is 27.1 Å². The van der Waals surface area contributed by atoms with E-state index in [-0.39, 0.29) is 81.4 Å². The van der Waals surface area contributed by atoms with Gasteiger partial charge in [0.05, 0.1) is 26.9 Å². The van der Waals surface area contributed by atoms with Crippen LogP contribution in [0.4, 0.5) is 4.39 Å². The van der Waals surface area contributed by atoms with E-state index in [1.807, 2.05) is 6.92 Å². The molecule has 0 saturated carbocycles. The second-order valence-electron chi connectivity index (χ2n) is 10.3. The van der Waals surface area contributed by atoms with Gasteiger partial charge in [-0.25, -0.2) is 22.5 Å². The Morgan fingerprint density at radius 1 is 1.27 bits per heavy atom. The van der Waals surface area contributed by atoms with E-state index in [9.17, 15) is 22.7 Å². The third-order valence-electron chi connectivity index (χ3n) is 6.32. The van der Waals surface area contributed by atoms with Crippen molar-refractivity contribution in [1.82, 2.24) is 24.8 Å². The van der Waals surface area contributed by atoms with E-state index in [0.29, 0.717) is 11.3 Å². The second-order valence-corrected chi connectivity index (χ2v) is 13.8. The quantitative estimate of drug-likeness (QED) is 0.331. The van der Waals surface area contributed by atoms with Crippen LogP contribution in [0.2, 0.25) is 10.0 Å². The molecule has 2 N–H and O–H groups in total. The van der Waals surface area contributed by atoms with Crippen LogP contribution in [0.25, 0.3) is 21.3 Å². The Morgan fingerprint density at radius 2 is 1.95 bits per heavy atom. The van der Waals surface area contributed by atoms with E-state index in [2.05, 4.69) is 19.9 Å². The van der Waals surface area contributed by atoms with Gasteiger partial charge in [-0.2, -0.15) is 0 Å². The SMILES string of the molecule is CC[C@@H](C)NS(=O)(=O)c1ccc(-c2sc(-c3nnc(CC(C)(C)O)o3)nc2C(=O)N2CCC(F)CC2)c(Cl)c1Cl. The molecule has 1 fully saturated rings. The predicted molar refractivity (Wildman–Crippen MR) is 151 cm³/mol. The first-order valence-electron chi connectivity index (χ1n) is 12.7. The monoisotopic (exact) mass is 633 g/mol. The Hall–Kier alpha value is -2.16. The lowest BCUT2D eigenvalue weighted by molar-refractivity contribution is 0.0662. The molecule has 1 aromatic carbocycles. The van der Waals surface area contributed by atoms with Crippen molar-refractivity contribution in [2.75, 3.05) is 13.1 Å². The molecule has 0 bridgehead atoms. The third kappa shape index (κ3) is 6.82. The highest BCUT2D eigenvalue weighted by molar-refractivity contribution is 7.89. The number of piperidine rings is 1. The maximum atomic E-state index is 13.8. The number of sulfonamides is 1. The van der Waals surface area contributed by atoms with Crippen LogP contribution in [0.15, 0.2) is 21.4 Å². The molecule has 3 heterocycles. The molecule has 1 amide bonds. The standard InChI is InChI=1S/C25H30Cl2FN5O5S2/c1-5-13(2)32-40(36,37)16-7-6-15(18(26)19(16)27)21-20(24(34)33-10-8-14(28)9-11-33)29-23(39-21)22-31-30-17(38-22)12-25(3,4)35/h6-7,13-14,32,35H,5,8-12H2,1-4H3/t13-/m1/s1. The summed E-state index contributed by atoms with van der Waals surface area (Å²) in [6.07, 6.45) is 0.123. The van der Waals surface area contributed by atoms with E-state index < -0.39 is 27.7 Å². The van der Waals surface area contributed by atoms with Gasteiger partial charge in [-0.15, -0.1) is 21.5 Å². The van der Waals surface area contributed by atoms with Crippen molar-refractivity contribution >= 4 is 50.5 Å². The number of thiazole rings is 1. The Bertz CT molecular complexity index is 1500. The van der Waals surface area contributed by atoms with Gasteiger partial charge < -0.3 is 14.4 Å². The minimum atomic E-state index is -3.97. The molecule has 218 valence electrons. The summed E-state index contributed by atoms with van der Waals surface area (Å²) in [6, 6.07) is 2.47. The van der Waals surface area contributed by atoms with Crippen LogP contribution in [0, 0.1) is 0 Å². The number of hydrogen-bond donors (Lipinski definition) is 2. The van der Waals surface area contributed by atoms with Gasteiger partial charge >= 0.3 is 0 Å². The average Bonchev–Trinajstić information content (AvgIpc) is 3.51. The van der Waals surface area contributed by atoms with E-state index in [1.54, 1.807) is 20.8 Å². The number of halogens is 3. The van der Waals surface area contributed by atoms with Crippen LogP contribution >= 0.6 is 34.5 Å². The van der Waals surface area contributed by atoms with Crippen LogP contribution in [-0.4, -0.2) is 70.4 Å². The molecule has 1 aliphatic heterocycles. The summed E-state index contributed by atoms with van der Waals surface area (Å²) >= 11 is 14.1. The lowest BCUT2D eigenvalue weighted by Crippen LogP contribution is -2.39. The minimum absolute atomic E-state index is 0.0193. The Balaban J connectivity index is 1.79. The second kappa shape index (κ2) is 12.0. The normalized spacial score (nSPS) is 15.9. The lowest BCUT2D eigenvalue weighted by atomic mass is 10.1. The number of nitrogens with zero attached hydrogens (tertiary/aromatic N) is 4. The van der Waals surface area contributed by atoms with Crippen molar-refractivity contribution in [2.45, 2.75) is 76.1 Å². The van der Waals surface area contributed by atoms with E-state index in [0.717, 1.165) is 11.3 Å². The smallest absolute Gasteiger partial charge is 0.276 e. The molecule has 4 rings (SSSR count). The number of amides is 1. The summed E-state index contributed by atoms with van der Waals surface area (Å²) in [5, 5.41) is 18.0. The molecule has 10 nitrogen and oxygen atoms in total. The van der Waals surface area contributed by atoms with E-state index in [4.69, 9.17) is 27.6 Å². The summed E-state index contributed by atoms with van der Waals surface area (Å²) in [7, 11) is -3.97. The number of hydrogen-bond acceptors (Lipinski definition) is 9. The summed E-state index contributed by atoms with van der Waals surface area (Å²) in [5.74, 6) is -0.226. The zero-order valence-corrected chi connectivity index (χ0v) is 25.5. The van der Waals surface area contributed by atoms with Crippen molar-refractivity contribution in [3.05, 3.63) is 33.8 Å². The number of carbonyl (C=O) groups excluding carboxylic acids is 1. The molecule has 2 aromatic heterocycles. The van der Waals surface area contributed by atoms with Gasteiger partial charge in [0.15, 0.2) is 5.01 Å². The van der Waals surface area contributed by atoms with Gasteiger partial charge in [0.25, 0.3) is 11.8 Å². The molecule has 0 unspecified atom stereocenters. The summed E-state index contributed by atoms with van der Waals surface area (Å²) in [4.78, 5) is 19.7. The van der Waals surface area contributed by atoms with Crippen molar-refractivity contribution in [1.29, 1.82) is 0 Å². The van der Waals surface area contributed by atoms with Crippen LogP contribution in [0.1, 0.15) is 63.3 Å². The Kier molecular flexibility index (Phi) is 9.22. The van der Waals surface area contributed by atoms with Gasteiger partial charge in [0.2, 0.25) is 15.9 Å². The first-order chi connectivity index (χ1) is 18.7. The van der Waals surface area contributed by atoms with Gasteiger partial charge in [-0.05, 0) is 46.1 Å². The van der Waals surface area contributed by atoms with E-state index >= 15 is 0 Å². The largest absolute Gasteiger partial charge is 0.419 e. The van der Waals surface area contributed by atoms with Crippen LogP contribution < -0.4 is 4.72 Å². The Morgan fingerprint density at radius 3 is 2.58 bits per heavy atom. The summed E-state index contributed by atoms with van der Waals surface area (Å²) in [5.41, 5.74) is -0.777. The number of alkyl halides is 1. The molecule has 1 atom stereocenters. The molecular formula is C25H30Cl2FN5O5S2. The van der Waals surface area contributed by atoms with Gasteiger partial charge in [-0.1, -0.05) is 36.2 Å². The summed E-state index contributed by atoms with van der Waals surface area (Å²) < 4.78 is 47.9.